The Bertz CT molecular complexity index is 939. The van der Waals surface area contributed by atoms with Gasteiger partial charge in [0.1, 0.15) is 17.1 Å². The number of carboxylic acids is 1. The first-order chi connectivity index (χ1) is 15.8. The summed E-state index contributed by atoms with van der Waals surface area (Å²) in [6.07, 6.45) is -2.23. The van der Waals surface area contributed by atoms with Gasteiger partial charge in [-0.1, -0.05) is 25.9 Å². The van der Waals surface area contributed by atoms with Gasteiger partial charge in [0.2, 0.25) is 0 Å². The molecule has 0 unspecified atom stereocenters. The number of aromatic nitrogens is 1. The zero-order valence-electron chi connectivity index (χ0n) is 20.3. The van der Waals surface area contributed by atoms with Crippen molar-refractivity contribution in [2.24, 2.45) is 22.7 Å². The highest BCUT2D eigenvalue weighted by Crippen LogP contribution is 2.50. The topological polar surface area (TPSA) is 99.2 Å². The number of carbonyl (C=O) groups excluding carboxylic acids is 1. The van der Waals surface area contributed by atoms with E-state index in [0.29, 0.717) is 17.8 Å². The minimum absolute atomic E-state index is 0.264. The smallest absolute Gasteiger partial charge is 0.475 e. The number of hydrogen-bond acceptors (Lipinski definition) is 6. The molecule has 8 nitrogen and oxygen atoms in total. The van der Waals surface area contributed by atoms with E-state index in [1.807, 2.05) is 18.7 Å². The van der Waals surface area contributed by atoms with Crippen molar-refractivity contribution in [3.8, 4) is 0 Å². The average molecular weight is 487 g/mol. The molecule has 1 aliphatic carbocycles. The molecule has 1 aromatic rings. The lowest BCUT2D eigenvalue weighted by atomic mass is 9.84. The fraction of sp³-hybridized carbons (Fsp3) is 0.739. The van der Waals surface area contributed by atoms with Crippen LogP contribution >= 0.6 is 0 Å². The van der Waals surface area contributed by atoms with Crippen molar-refractivity contribution in [1.82, 2.24) is 15.0 Å². The molecule has 2 aliphatic heterocycles. The van der Waals surface area contributed by atoms with Crippen LogP contribution < -0.4 is 0 Å². The summed E-state index contributed by atoms with van der Waals surface area (Å²) in [5, 5.41) is 11.2. The molecule has 11 heteroatoms. The maximum absolute atomic E-state index is 13.5. The number of nitrogens with zero attached hydrogens (tertiary/aromatic N) is 4. The molecule has 34 heavy (non-hydrogen) atoms. The number of aliphatic imine (C=N–C) groups is 1. The lowest BCUT2D eigenvalue weighted by molar-refractivity contribution is -0.192. The number of carbonyl (C=O) groups is 2. The number of amides is 1. The Hall–Kier alpha value is -2.43. The van der Waals surface area contributed by atoms with Gasteiger partial charge in [-0.3, -0.25) is 19.6 Å². The molecule has 1 spiro atoms. The number of aliphatic carboxylic acids is 1. The molecule has 2 fully saturated rings. The number of aryl methyl sites for hydroxylation is 2. The first kappa shape index (κ1) is 26.2. The molecule has 1 saturated carbocycles. The van der Waals surface area contributed by atoms with E-state index in [1.165, 1.54) is 5.56 Å². The largest absolute Gasteiger partial charge is 0.490 e. The van der Waals surface area contributed by atoms with E-state index in [1.54, 1.807) is 0 Å². The number of carboxylic acid groups (broad SMARTS) is 1. The number of likely N-dealkylation sites (tertiary alicyclic amines) is 1. The van der Waals surface area contributed by atoms with E-state index >= 15 is 0 Å². The SMILES string of the molecule is CCC1=N[C@@]2(CC[C@@H]3CN(Cc4c(C)noc4C)C[C@@H]32)C(=O)N1CC(C)C.O=C(O)C(F)(F)F. The van der Waals surface area contributed by atoms with Crippen LogP contribution in [0.1, 0.15) is 57.1 Å². The fourth-order valence-corrected chi connectivity index (χ4v) is 5.38. The van der Waals surface area contributed by atoms with Crippen LogP contribution in [0.4, 0.5) is 13.2 Å². The van der Waals surface area contributed by atoms with E-state index in [0.717, 1.165) is 62.7 Å². The molecule has 0 aromatic carbocycles. The van der Waals surface area contributed by atoms with E-state index in [9.17, 15) is 18.0 Å². The average Bonchev–Trinajstić information content (AvgIpc) is 3.45. The third kappa shape index (κ3) is 4.99. The summed E-state index contributed by atoms with van der Waals surface area (Å²) in [5.41, 5.74) is 1.67. The molecule has 3 heterocycles. The van der Waals surface area contributed by atoms with Crippen LogP contribution in [-0.4, -0.2) is 69.1 Å². The molecule has 1 amide bonds. The second-order valence-corrected chi connectivity index (χ2v) is 9.82. The number of fused-ring (bicyclic) bond motifs is 2. The third-order valence-electron chi connectivity index (χ3n) is 6.95. The highest BCUT2D eigenvalue weighted by Gasteiger charge is 2.60. The Labute approximate surface area is 197 Å². The Morgan fingerprint density at radius 3 is 2.44 bits per heavy atom. The number of hydrogen-bond donors (Lipinski definition) is 1. The van der Waals surface area contributed by atoms with Crippen LogP contribution in [0.5, 0.6) is 0 Å². The first-order valence-electron chi connectivity index (χ1n) is 11.6. The summed E-state index contributed by atoms with van der Waals surface area (Å²) in [7, 11) is 0. The van der Waals surface area contributed by atoms with Crippen molar-refractivity contribution >= 4 is 17.7 Å². The van der Waals surface area contributed by atoms with Crippen molar-refractivity contribution in [3.05, 3.63) is 17.0 Å². The maximum Gasteiger partial charge on any atom is 0.490 e. The Balaban J connectivity index is 0.000000406. The molecule has 1 saturated heterocycles. The van der Waals surface area contributed by atoms with Gasteiger partial charge in [-0.25, -0.2) is 4.79 Å². The van der Waals surface area contributed by atoms with Crippen molar-refractivity contribution < 1.29 is 32.4 Å². The fourth-order valence-electron chi connectivity index (χ4n) is 5.38. The molecular weight excluding hydrogens is 453 g/mol. The number of amidine groups is 1. The van der Waals surface area contributed by atoms with Crippen molar-refractivity contribution in [3.63, 3.8) is 0 Å². The third-order valence-corrected chi connectivity index (χ3v) is 6.95. The summed E-state index contributed by atoms with van der Waals surface area (Å²) in [4.78, 5) is 31.9. The van der Waals surface area contributed by atoms with Crippen LogP contribution in [0.25, 0.3) is 0 Å². The van der Waals surface area contributed by atoms with Crippen LogP contribution in [0, 0.1) is 31.6 Å². The van der Waals surface area contributed by atoms with Gasteiger partial charge in [0.25, 0.3) is 5.91 Å². The van der Waals surface area contributed by atoms with Crippen LogP contribution in [0.3, 0.4) is 0 Å². The summed E-state index contributed by atoms with van der Waals surface area (Å²) in [6, 6.07) is 0. The highest BCUT2D eigenvalue weighted by molar-refractivity contribution is 6.08. The van der Waals surface area contributed by atoms with Crippen molar-refractivity contribution in [2.75, 3.05) is 19.6 Å². The van der Waals surface area contributed by atoms with Crippen LogP contribution in [0.2, 0.25) is 0 Å². The normalized spacial score (nSPS) is 26.8. The molecule has 4 rings (SSSR count). The zero-order chi connectivity index (χ0) is 25.4. The molecule has 190 valence electrons. The molecule has 3 aliphatic rings. The van der Waals surface area contributed by atoms with Gasteiger partial charge in [0.05, 0.1) is 5.69 Å². The van der Waals surface area contributed by atoms with E-state index in [4.69, 9.17) is 19.4 Å². The summed E-state index contributed by atoms with van der Waals surface area (Å²) >= 11 is 0. The van der Waals surface area contributed by atoms with Crippen molar-refractivity contribution in [1.29, 1.82) is 0 Å². The lowest BCUT2D eigenvalue weighted by Crippen LogP contribution is -2.47. The molecule has 0 radical (unpaired) electrons. The quantitative estimate of drug-likeness (QED) is 0.680. The van der Waals surface area contributed by atoms with E-state index in [-0.39, 0.29) is 5.91 Å². The minimum Gasteiger partial charge on any atom is -0.475 e. The second kappa shape index (κ2) is 9.67. The van der Waals surface area contributed by atoms with E-state index in [2.05, 4.69) is 30.8 Å². The summed E-state index contributed by atoms with van der Waals surface area (Å²) < 4.78 is 37.1. The molecule has 0 bridgehead atoms. The molecular formula is C23H33F3N4O4. The zero-order valence-corrected chi connectivity index (χ0v) is 20.3. The second-order valence-electron chi connectivity index (χ2n) is 9.82. The minimum atomic E-state index is -5.08. The van der Waals surface area contributed by atoms with Crippen molar-refractivity contribution in [2.45, 2.75) is 72.1 Å². The predicted octanol–water partition coefficient (Wildman–Crippen LogP) is 3.81. The van der Waals surface area contributed by atoms with Gasteiger partial charge in [-0.05, 0) is 38.5 Å². The first-order valence-corrected chi connectivity index (χ1v) is 11.6. The van der Waals surface area contributed by atoms with Crippen LogP contribution in [0.15, 0.2) is 9.52 Å². The van der Waals surface area contributed by atoms with Gasteiger partial charge in [0.15, 0.2) is 0 Å². The number of rotatable bonds is 5. The maximum atomic E-state index is 13.5. The summed E-state index contributed by atoms with van der Waals surface area (Å²) in [6.45, 7) is 14.1. The number of alkyl halides is 3. The van der Waals surface area contributed by atoms with Gasteiger partial charge >= 0.3 is 12.1 Å². The van der Waals surface area contributed by atoms with Crippen LogP contribution in [-0.2, 0) is 16.1 Å². The van der Waals surface area contributed by atoms with Gasteiger partial charge in [0, 0.05) is 44.1 Å². The predicted molar refractivity (Wildman–Crippen MR) is 118 cm³/mol. The molecule has 3 atom stereocenters. The van der Waals surface area contributed by atoms with Gasteiger partial charge in [-0.15, -0.1) is 0 Å². The highest BCUT2D eigenvalue weighted by atomic mass is 19.4. The standard InChI is InChI=1S/C21H32N4O2.C2HF3O2/c1-6-19-22-21(20(26)25(19)9-13(2)3)8-7-16-10-24(12-18(16)21)11-17-14(4)23-27-15(17)5;3-2(4,5)1(6)7/h13,16,18H,6-12H2,1-5H3;(H,6,7)/t16-,18+,21-;/m1./s1. The molecule has 1 N–H and O–H groups in total. The van der Waals surface area contributed by atoms with Gasteiger partial charge in [-0.2, -0.15) is 13.2 Å². The lowest BCUT2D eigenvalue weighted by Gasteiger charge is -2.29. The van der Waals surface area contributed by atoms with Gasteiger partial charge < -0.3 is 9.63 Å². The molecule has 1 aromatic heterocycles. The monoisotopic (exact) mass is 486 g/mol. The Kier molecular flexibility index (Phi) is 7.45. The Morgan fingerprint density at radius 2 is 1.94 bits per heavy atom. The Morgan fingerprint density at radius 1 is 1.29 bits per heavy atom. The van der Waals surface area contributed by atoms with E-state index < -0.39 is 17.7 Å². The summed E-state index contributed by atoms with van der Waals surface area (Å²) in [5.74, 6) is 0.772. The number of halogens is 3.